The van der Waals surface area contributed by atoms with Crippen LogP contribution in [-0.2, 0) is 6.18 Å². The van der Waals surface area contributed by atoms with Crippen LogP contribution in [0.3, 0.4) is 0 Å². The van der Waals surface area contributed by atoms with Crippen LogP contribution in [0.5, 0.6) is 0 Å². The van der Waals surface area contributed by atoms with Crippen molar-refractivity contribution in [1.29, 1.82) is 0 Å². The first-order valence-corrected chi connectivity index (χ1v) is 7.17. The Balaban J connectivity index is 1.96. The third kappa shape index (κ3) is 5.17. The lowest BCUT2D eigenvalue weighted by molar-refractivity contribution is -0.137. The van der Waals surface area contributed by atoms with Crippen LogP contribution in [0.1, 0.15) is 21.5 Å². The second-order valence-corrected chi connectivity index (χ2v) is 5.13. The van der Waals surface area contributed by atoms with Crippen LogP contribution in [0.2, 0.25) is 0 Å². The van der Waals surface area contributed by atoms with Crippen molar-refractivity contribution in [2.24, 2.45) is 11.5 Å². The summed E-state index contributed by atoms with van der Waals surface area (Å²) >= 11 is 0. The van der Waals surface area contributed by atoms with Crippen molar-refractivity contribution < 1.29 is 22.4 Å². The lowest BCUT2D eigenvalue weighted by atomic mass is 10.1. The van der Waals surface area contributed by atoms with Crippen LogP contribution >= 0.6 is 0 Å². The van der Waals surface area contributed by atoms with Gasteiger partial charge in [0.2, 0.25) is 0 Å². The molecule has 132 valence electrons. The highest BCUT2D eigenvalue weighted by molar-refractivity contribution is 5.93. The van der Waals surface area contributed by atoms with E-state index in [0.29, 0.717) is 16.8 Å². The van der Waals surface area contributed by atoms with Gasteiger partial charge in [-0.3, -0.25) is 4.79 Å². The van der Waals surface area contributed by atoms with E-state index in [1.807, 2.05) is 0 Å². The topological polar surface area (TPSA) is 94.3 Å². The normalized spacial score (nSPS) is 12.9. The number of allylic oxidation sites excluding steroid dienone is 2. The average molecular weight is 351 g/mol. The largest absolute Gasteiger partial charge is 0.472 e. The third-order valence-corrected chi connectivity index (χ3v) is 3.26. The van der Waals surface area contributed by atoms with Gasteiger partial charge in [0, 0.05) is 11.4 Å². The molecule has 0 bridgehead atoms. The van der Waals surface area contributed by atoms with E-state index in [0.717, 1.165) is 12.1 Å². The van der Waals surface area contributed by atoms with Crippen LogP contribution < -0.4 is 16.8 Å². The number of nitrogens with two attached hydrogens (primary N) is 2. The van der Waals surface area contributed by atoms with E-state index in [1.54, 1.807) is 0 Å². The van der Waals surface area contributed by atoms with Crippen LogP contribution in [0.4, 0.5) is 13.2 Å². The number of amides is 1. The van der Waals surface area contributed by atoms with Crippen LogP contribution in [0, 0.1) is 0 Å². The number of halogens is 3. The molecule has 2 rings (SSSR count). The zero-order chi connectivity index (χ0) is 18.4. The molecule has 2 aromatic rings. The Hall–Kier alpha value is -3.16. The number of carbonyl (C=O) groups excluding carboxylic acids is 1. The summed E-state index contributed by atoms with van der Waals surface area (Å²) < 4.78 is 42.3. The highest BCUT2D eigenvalue weighted by Crippen LogP contribution is 2.29. The maximum absolute atomic E-state index is 12.5. The monoisotopic (exact) mass is 351 g/mol. The van der Waals surface area contributed by atoms with Gasteiger partial charge in [-0.05, 0) is 35.9 Å². The first-order valence-electron chi connectivity index (χ1n) is 7.17. The van der Waals surface area contributed by atoms with E-state index in [2.05, 4.69) is 5.32 Å². The molecule has 0 spiro atoms. The molecule has 0 atom stereocenters. The Bertz CT molecular complexity index is 776. The van der Waals surface area contributed by atoms with E-state index >= 15 is 0 Å². The summed E-state index contributed by atoms with van der Waals surface area (Å²) in [4.78, 5) is 11.7. The molecule has 0 saturated heterocycles. The highest BCUT2D eigenvalue weighted by Gasteiger charge is 2.29. The molecule has 5 N–H and O–H groups in total. The number of nitrogens with one attached hydrogen (secondary N) is 1. The molecule has 8 heteroatoms. The Labute approximate surface area is 141 Å². The molecule has 0 fully saturated rings. The van der Waals surface area contributed by atoms with Gasteiger partial charge in [0.15, 0.2) is 0 Å². The fourth-order valence-corrected chi connectivity index (χ4v) is 1.88. The summed E-state index contributed by atoms with van der Waals surface area (Å²) in [6.07, 6.45) is 1.22. The Morgan fingerprint density at radius 1 is 1.08 bits per heavy atom. The predicted molar refractivity (Wildman–Crippen MR) is 86.9 cm³/mol. The van der Waals surface area contributed by atoms with Gasteiger partial charge in [-0.2, -0.15) is 13.2 Å². The molecule has 1 heterocycles. The second-order valence-electron chi connectivity index (χ2n) is 5.13. The molecule has 1 aromatic carbocycles. The van der Waals surface area contributed by atoms with Crippen molar-refractivity contribution in [3.63, 3.8) is 0 Å². The first-order chi connectivity index (χ1) is 11.8. The summed E-state index contributed by atoms with van der Waals surface area (Å²) in [7, 11) is 0. The zero-order valence-electron chi connectivity index (χ0n) is 13.0. The molecule has 5 nitrogen and oxygen atoms in total. The van der Waals surface area contributed by atoms with Gasteiger partial charge in [0.05, 0.1) is 23.9 Å². The van der Waals surface area contributed by atoms with Crippen molar-refractivity contribution in [2.45, 2.75) is 6.18 Å². The number of hydrogen-bond acceptors (Lipinski definition) is 4. The van der Waals surface area contributed by atoms with Crippen molar-refractivity contribution in [3.8, 4) is 0 Å². The maximum atomic E-state index is 12.5. The van der Waals surface area contributed by atoms with E-state index in [-0.39, 0.29) is 18.1 Å². The fourth-order valence-electron chi connectivity index (χ4n) is 1.88. The Kier molecular flexibility index (Phi) is 5.53. The zero-order valence-corrected chi connectivity index (χ0v) is 13.0. The fraction of sp³-hybridized carbons (Fsp3) is 0.118. The van der Waals surface area contributed by atoms with Crippen LogP contribution in [-0.4, -0.2) is 12.5 Å². The van der Waals surface area contributed by atoms with E-state index in [9.17, 15) is 18.0 Å². The lowest BCUT2D eigenvalue weighted by Crippen LogP contribution is -2.27. The number of benzene rings is 1. The lowest BCUT2D eigenvalue weighted by Gasteiger charge is -2.07. The molecule has 1 aromatic heterocycles. The second kappa shape index (κ2) is 7.61. The smallest absolute Gasteiger partial charge is 0.416 e. The standard InChI is InChI=1S/C17H16F3N3O2/c18-17(19,20)13-3-1-11(2-4-13)15(22)6-5-14(21)9-23-16(24)12-7-8-25-10-12/h1-8,10H,9,21-22H2,(H,23,24)/b14-5-,15-6-. The summed E-state index contributed by atoms with van der Waals surface area (Å²) in [6.45, 7) is 0.0841. The molecule has 0 aliphatic carbocycles. The van der Waals surface area contributed by atoms with Gasteiger partial charge < -0.3 is 21.2 Å². The number of alkyl halides is 3. The highest BCUT2D eigenvalue weighted by atomic mass is 19.4. The Morgan fingerprint density at radius 3 is 2.32 bits per heavy atom. The van der Waals surface area contributed by atoms with Crippen molar-refractivity contribution in [2.75, 3.05) is 6.54 Å². The molecule has 25 heavy (non-hydrogen) atoms. The average Bonchev–Trinajstić information content (AvgIpc) is 3.11. The molecular weight excluding hydrogens is 335 g/mol. The number of carbonyl (C=O) groups is 1. The van der Waals surface area contributed by atoms with Crippen molar-refractivity contribution in [1.82, 2.24) is 5.32 Å². The van der Waals surface area contributed by atoms with Crippen molar-refractivity contribution in [3.05, 3.63) is 77.4 Å². The molecular formula is C17H16F3N3O2. The van der Waals surface area contributed by atoms with E-state index in [4.69, 9.17) is 15.9 Å². The third-order valence-electron chi connectivity index (χ3n) is 3.26. The van der Waals surface area contributed by atoms with Gasteiger partial charge >= 0.3 is 6.18 Å². The summed E-state index contributed by atoms with van der Waals surface area (Å²) in [5.41, 5.74) is 12.2. The van der Waals surface area contributed by atoms with E-state index in [1.165, 1.54) is 42.9 Å². The molecule has 0 aliphatic heterocycles. The summed E-state index contributed by atoms with van der Waals surface area (Å²) in [5, 5.41) is 2.59. The molecule has 0 radical (unpaired) electrons. The van der Waals surface area contributed by atoms with Gasteiger partial charge in [-0.15, -0.1) is 0 Å². The molecule has 0 unspecified atom stereocenters. The minimum Gasteiger partial charge on any atom is -0.472 e. The first kappa shape index (κ1) is 18.2. The van der Waals surface area contributed by atoms with Gasteiger partial charge in [-0.1, -0.05) is 12.1 Å². The quantitative estimate of drug-likeness (QED) is 0.722. The van der Waals surface area contributed by atoms with Gasteiger partial charge in [0.1, 0.15) is 6.26 Å². The SMILES string of the molecule is N/C(=C\C=C(/N)c1ccc(C(F)(F)F)cc1)CNC(=O)c1ccoc1. The number of rotatable bonds is 5. The summed E-state index contributed by atoms with van der Waals surface area (Å²) in [6, 6.07) is 5.97. The van der Waals surface area contributed by atoms with Gasteiger partial charge in [0.25, 0.3) is 5.91 Å². The predicted octanol–water partition coefficient (Wildman–Crippen LogP) is 2.87. The Morgan fingerprint density at radius 2 is 1.76 bits per heavy atom. The summed E-state index contributed by atoms with van der Waals surface area (Å²) in [5.74, 6) is -0.343. The van der Waals surface area contributed by atoms with E-state index < -0.39 is 11.7 Å². The van der Waals surface area contributed by atoms with Crippen molar-refractivity contribution >= 4 is 11.6 Å². The van der Waals surface area contributed by atoms with Crippen LogP contribution in [0.15, 0.2) is 65.1 Å². The maximum Gasteiger partial charge on any atom is 0.416 e. The van der Waals surface area contributed by atoms with Gasteiger partial charge in [-0.25, -0.2) is 0 Å². The molecule has 0 aliphatic rings. The minimum atomic E-state index is -4.39. The number of hydrogen-bond donors (Lipinski definition) is 3. The minimum absolute atomic E-state index is 0.0841. The molecule has 1 amide bonds. The molecule has 0 saturated carbocycles. The van der Waals surface area contributed by atoms with Crippen LogP contribution in [0.25, 0.3) is 5.70 Å². The number of furan rings is 1.